The number of amides is 1. The molecule has 0 bridgehead atoms. The van der Waals surface area contributed by atoms with E-state index in [4.69, 9.17) is 16.3 Å². The van der Waals surface area contributed by atoms with Gasteiger partial charge in [-0.05, 0) is 52.3 Å². The van der Waals surface area contributed by atoms with Crippen molar-refractivity contribution in [3.63, 3.8) is 0 Å². The standard InChI is InChI=1S/C18H25ClN2O3/c1-12-10-14(13(2)22)16(11-15(12)19)20-6-8-21(9-7-20)17(23)24-18(3,4)5/h10-11H,6-9H2,1-5H3. The van der Waals surface area contributed by atoms with Crippen molar-refractivity contribution in [2.24, 2.45) is 0 Å². The first-order valence-corrected chi connectivity index (χ1v) is 8.50. The van der Waals surface area contributed by atoms with E-state index in [0.717, 1.165) is 11.3 Å². The van der Waals surface area contributed by atoms with Gasteiger partial charge in [0.25, 0.3) is 0 Å². The number of hydrogen-bond acceptors (Lipinski definition) is 4. The van der Waals surface area contributed by atoms with E-state index < -0.39 is 5.60 Å². The number of carbonyl (C=O) groups is 2. The Kier molecular flexibility index (Phi) is 5.43. The Hall–Kier alpha value is -1.75. The maximum atomic E-state index is 12.1. The number of aryl methyl sites for hydroxylation is 1. The number of Topliss-reactive ketones (excluding diaryl/α,β-unsaturated/α-hetero) is 1. The van der Waals surface area contributed by atoms with E-state index in [9.17, 15) is 9.59 Å². The number of anilines is 1. The Morgan fingerprint density at radius 2 is 1.71 bits per heavy atom. The Morgan fingerprint density at radius 3 is 2.21 bits per heavy atom. The topological polar surface area (TPSA) is 49.9 Å². The largest absolute Gasteiger partial charge is 0.444 e. The lowest BCUT2D eigenvalue weighted by atomic mass is 10.0. The fourth-order valence-corrected chi connectivity index (χ4v) is 2.83. The molecule has 1 amide bonds. The molecule has 0 aliphatic carbocycles. The average molecular weight is 353 g/mol. The van der Waals surface area contributed by atoms with Crippen molar-refractivity contribution in [3.05, 3.63) is 28.3 Å². The van der Waals surface area contributed by atoms with Crippen LogP contribution in [-0.2, 0) is 4.74 Å². The molecule has 0 atom stereocenters. The Labute approximate surface area is 148 Å². The predicted molar refractivity (Wildman–Crippen MR) is 96.2 cm³/mol. The zero-order chi connectivity index (χ0) is 18.1. The molecule has 132 valence electrons. The van der Waals surface area contributed by atoms with Gasteiger partial charge in [0.05, 0.1) is 0 Å². The summed E-state index contributed by atoms with van der Waals surface area (Å²) in [5.74, 6) is 0.0133. The van der Waals surface area contributed by atoms with Gasteiger partial charge < -0.3 is 14.5 Å². The summed E-state index contributed by atoms with van der Waals surface area (Å²) < 4.78 is 5.41. The SMILES string of the molecule is CC(=O)c1cc(C)c(Cl)cc1N1CCN(C(=O)OC(C)(C)C)CC1. The molecule has 1 fully saturated rings. The summed E-state index contributed by atoms with van der Waals surface area (Å²) in [6, 6.07) is 3.68. The van der Waals surface area contributed by atoms with Crippen LogP contribution in [0.5, 0.6) is 0 Å². The molecule has 1 aromatic rings. The summed E-state index contributed by atoms with van der Waals surface area (Å²) in [4.78, 5) is 27.9. The second kappa shape index (κ2) is 7.01. The first kappa shape index (κ1) is 18.6. The van der Waals surface area contributed by atoms with E-state index in [2.05, 4.69) is 4.90 Å². The maximum absolute atomic E-state index is 12.1. The highest BCUT2D eigenvalue weighted by molar-refractivity contribution is 6.31. The summed E-state index contributed by atoms with van der Waals surface area (Å²) in [6.45, 7) is 11.4. The van der Waals surface area contributed by atoms with Gasteiger partial charge in [0.2, 0.25) is 0 Å². The lowest BCUT2D eigenvalue weighted by Gasteiger charge is -2.37. The molecule has 0 N–H and O–H groups in total. The minimum atomic E-state index is -0.500. The fraction of sp³-hybridized carbons (Fsp3) is 0.556. The molecule has 1 aliphatic heterocycles. The maximum Gasteiger partial charge on any atom is 0.410 e. The summed E-state index contributed by atoms with van der Waals surface area (Å²) >= 11 is 6.24. The summed E-state index contributed by atoms with van der Waals surface area (Å²) in [5, 5.41) is 0.643. The van der Waals surface area contributed by atoms with E-state index >= 15 is 0 Å². The predicted octanol–water partition coefficient (Wildman–Crippen LogP) is 3.91. The molecular formula is C18H25ClN2O3. The molecule has 2 rings (SSSR count). The first-order chi connectivity index (χ1) is 11.1. The number of halogens is 1. The number of carbonyl (C=O) groups excluding carboxylic acids is 2. The van der Waals surface area contributed by atoms with Gasteiger partial charge >= 0.3 is 6.09 Å². The fourth-order valence-electron chi connectivity index (χ4n) is 2.67. The van der Waals surface area contributed by atoms with Crippen LogP contribution in [0.1, 0.15) is 43.6 Å². The van der Waals surface area contributed by atoms with Gasteiger partial charge in [-0.1, -0.05) is 11.6 Å². The van der Waals surface area contributed by atoms with Gasteiger partial charge in [0.15, 0.2) is 5.78 Å². The van der Waals surface area contributed by atoms with Crippen LogP contribution in [0.4, 0.5) is 10.5 Å². The third kappa shape index (κ3) is 4.41. The van der Waals surface area contributed by atoms with Crippen molar-refractivity contribution in [1.82, 2.24) is 4.90 Å². The highest BCUT2D eigenvalue weighted by atomic mass is 35.5. The van der Waals surface area contributed by atoms with Crippen LogP contribution < -0.4 is 4.90 Å². The Morgan fingerprint density at radius 1 is 1.12 bits per heavy atom. The van der Waals surface area contributed by atoms with Crippen molar-refractivity contribution in [2.45, 2.75) is 40.2 Å². The van der Waals surface area contributed by atoms with Gasteiger partial charge in [-0.2, -0.15) is 0 Å². The number of ether oxygens (including phenoxy) is 1. The monoisotopic (exact) mass is 352 g/mol. The number of hydrogen-bond donors (Lipinski definition) is 0. The molecule has 24 heavy (non-hydrogen) atoms. The molecule has 0 unspecified atom stereocenters. The number of benzene rings is 1. The molecule has 6 heteroatoms. The minimum absolute atomic E-state index is 0.0133. The van der Waals surface area contributed by atoms with Crippen LogP contribution in [0.3, 0.4) is 0 Å². The van der Waals surface area contributed by atoms with Crippen molar-refractivity contribution < 1.29 is 14.3 Å². The van der Waals surface area contributed by atoms with Crippen LogP contribution in [0.15, 0.2) is 12.1 Å². The molecular weight excluding hydrogens is 328 g/mol. The molecule has 0 radical (unpaired) electrons. The molecule has 5 nitrogen and oxygen atoms in total. The first-order valence-electron chi connectivity index (χ1n) is 8.12. The van der Waals surface area contributed by atoms with Gasteiger partial charge in [-0.25, -0.2) is 4.79 Å². The lowest BCUT2D eigenvalue weighted by Crippen LogP contribution is -2.50. The quantitative estimate of drug-likeness (QED) is 0.757. The zero-order valence-corrected chi connectivity index (χ0v) is 15.7. The highest BCUT2D eigenvalue weighted by Crippen LogP contribution is 2.29. The molecule has 1 aromatic carbocycles. The summed E-state index contributed by atoms with van der Waals surface area (Å²) in [7, 11) is 0. The highest BCUT2D eigenvalue weighted by Gasteiger charge is 2.27. The van der Waals surface area contributed by atoms with Crippen molar-refractivity contribution >= 4 is 29.2 Å². The molecule has 0 aromatic heterocycles. The van der Waals surface area contributed by atoms with Gasteiger partial charge in [-0.15, -0.1) is 0 Å². The number of nitrogens with zero attached hydrogens (tertiary/aromatic N) is 2. The summed E-state index contributed by atoms with van der Waals surface area (Å²) in [6.07, 6.45) is -0.295. The molecule has 1 saturated heterocycles. The van der Waals surface area contributed by atoms with Crippen LogP contribution in [0.2, 0.25) is 5.02 Å². The normalized spacial score (nSPS) is 15.4. The Balaban J connectivity index is 2.11. The van der Waals surface area contributed by atoms with Crippen molar-refractivity contribution in [1.29, 1.82) is 0 Å². The lowest BCUT2D eigenvalue weighted by molar-refractivity contribution is 0.0240. The van der Waals surface area contributed by atoms with Crippen LogP contribution in [-0.4, -0.2) is 48.6 Å². The van der Waals surface area contributed by atoms with Gasteiger partial charge in [0, 0.05) is 42.5 Å². The van der Waals surface area contributed by atoms with Gasteiger partial charge in [0.1, 0.15) is 5.60 Å². The smallest absolute Gasteiger partial charge is 0.410 e. The molecule has 1 heterocycles. The number of rotatable bonds is 2. The second-order valence-electron chi connectivity index (χ2n) is 7.13. The average Bonchev–Trinajstić information content (AvgIpc) is 2.48. The van der Waals surface area contributed by atoms with E-state index in [1.165, 1.54) is 0 Å². The van der Waals surface area contributed by atoms with Crippen LogP contribution >= 0.6 is 11.6 Å². The number of piperazine rings is 1. The molecule has 1 aliphatic rings. The third-order valence-corrected chi connectivity index (χ3v) is 4.34. The van der Waals surface area contributed by atoms with E-state index in [1.807, 2.05) is 39.8 Å². The third-order valence-electron chi connectivity index (χ3n) is 3.93. The molecule has 0 saturated carbocycles. The van der Waals surface area contributed by atoms with E-state index in [0.29, 0.717) is 36.8 Å². The van der Waals surface area contributed by atoms with Crippen molar-refractivity contribution in [3.8, 4) is 0 Å². The van der Waals surface area contributed by atoms with E-state index in [-0.39, 0.29) is 11.9 Å². The molecule has 0 spiro atoms. The van der Waals surface area contributed by atoms with Crippen LogP contribution in [0.25, 0.3) is 0 Å². The van der Waals surface area contributed by atoms with Gasteiger partial charge in [-0.3, -0.25) is 4.79 Å². The van der Waals surface area contributed by atoms with Crippen LogP contribution in [0, 0.1) is 6.92 Å². The minimum Gasteiger partial charge on any atom is -0.444 e. The second-order valence-corrected chi connectivity index (χ2v) is 7.54. The van der Waals surface area contributed by atoms with E-state index in [1.54, 1.807) is 11.8 Å². The number of ketones is 1. The summed E-state index contributed by atoms with van der Waals surface area (Å²) in [5.41, 5.74) is 1.89. The van der Waals surface area contributed by atoms with Crippen molar-refractivity contribution in [2.75, 3.05) is 31.1 Å². The zero-order valence-electron chi connectivity index (χ0n) is 15.0. The Bertz CT molecular complexity index is 644.